The van der Waals surface area contributed by atoms with E-state index >= 15 is 0 Å². The van der Waals surface area contributed by atoms with Crippen molar-refractivity contribution in [3.8, 4) is 5.75 Å². The zero-order valence-corrected chi connectivity index (χ0v) is 20.7. The summed E-state index contributed by atoms with van der Waals surface area (Å²) in [5.41, 5.74) is 1.59. The first-order valence-electron chi connectivity index (χ1n) is 10.2. The molecule has 1 aromatic heterocycles. The Morgan fingerprint density at radius 1 is 1.12 bits per heavy atom. The summed E-state index contributed by atoms with van der Waals surface area (Å²) in [5.74, 6) is -0.532. The molecule has 1 N–H and O–H groups in total. The third-order valence-corrected chi connectivity index (χ3v) is 6.77. The first kappa shape index (κ1) is 24.8. The number of methoxy groups -OCH3 is 1. The predicted octanol–water partition coefficient (Wildman–Crippen LogP) is 5.66. The number of ether oxygens (including phenoxy) is 2. The number of anilines is 1. The highest BCUT2D eigenvalue weighted by atomic mass is 35.5. The van der Waals surface area contributed by atoms with Gasteiger partial charge >= 0.3 is 5.97 Å². The van der Waals surface area contributed by atoms with Gasteiger partial charge < -0.3 is 14.8 Å². The minimum Gasteiger partial charge on any atom is -0.487 e. The maximum atomic E-state index is 13.1. The molecule has 5 nitrogen and oxygen atoms in total. The number of esters is 1. The van der Waals surface area contributed by atoms with Crippen LogP contribution in [0.2, 0.25) is 10.0 Å². The third kappa shape index (κ3) is 5.96. The lowest BCUT2D eigenvalue weighted by atomic mass is 10.1. The summed E-state index contributed by atoms with van der Waals surface area (Å²) in [4.78, 5) is 25.5. The Labute approximate surface area is 206 Å². The van der Waals surface area contributed by atoms with E-state index in [1.807, 2.05) is 38.1 Å². The molecule has 33 heavy (non-hydrogen) atoms. The van der Waals surface area contributed by atoms with E-state index in [4.69, 9.17) is 32.7 Å². The Hall–Kier alpha value is -2.80. The number of rotatable bonds is 7. The van der Waals surface area contributed by atoms with E-state index in [0.717, 1.165) is 21.7 Å². The fourth-order valence-electron chi connectivity index (χ4n) is 3.11. The van der Waals surface area contributed by atoms with Crippen molar-refractivity contribution in [2.75, 3.05) is 12.4 Å². The molecular weight excluding hydrogens is 481 g/mol. The molecule has 3 aromatic rings. The van der Waals surface area contributed by atoms with Crippen LogP contribution >= 0.6 is 34.5 Å². The Bertz CT molecular complexity index is 1280. The molecule has 0 saturated carbocycles. The molecule has 0 aliphatic heterocycles. The first-order valence-corrected chi connectivity index (χ1v) is 11.8. The minimum absolute atomic E-state index is 0.217. The zero-order valence-electron chi connectivity index (χ0n) is 18.4. The third-order valence-electron chi connectivity index (χ3n) is 4.75. The number of thiophene rings is 1. The summed E-state index contributed by atoms with van der Waals surface area (Å²) < 4.78 is 11.7. The van der Waals surface area contributed by atoms with Gasteiger partial charge in [-0.2, -0.15) is 0 Å². The lowest BCUT2D eigenvalue weighted by molar-refractivity contribution is 0.0600. The average molecular weight is 504 g/mol. The van der Waals surface area contributed by atoms with Crippen molar-refractivity contribution >= 4 is 64.3 Å². The highest BCUT2D eigenvalue weighted by Gasteiger charge is 2.18. The number of amides is 1. The number of benzene rings is 2. The molecule has 3 rings (SSSR count). The van der Waals surface area contributed by atoms with Crippen LogP contribution in [0.4, 0.5) is 5.69 Å². The van der Waals surface area contributed by atoms with Gasteiger partial charge in [-0.05, 0) is 49.2 Å². The van der Waals surface area contributed by atoms with Gasteiger partial charge in [0, 0.05) is 14.8 Å². The lowest BCUT2D eigenvalue weighted by Crippen LogP contribution is -2.18. The van der Waals surface area contributed by atoms with Gasteiger partial charge in [0.25, 0.3) is 5.91 Å². The molecule has 0 fully saturated rings. The van der Waals surface area contributed by atoms with E-state index in [1.54, 1.807) is 24.3 Å². The molecule has 0 atom stereocenters. The molecule has 0 spiro atoms. The number of hydrogen-bond donors (Lipinski definition) is 1. The number of halogens is 2. The molecule has 1 heterocycles. The molecule has 1 amide bonds. The van der Waals surface area contributed by atoms with Crippen molar-refractivity contribution in [2.45, 2.75) is 26.9 Å². The molecule has 8 heteroatoms. The second-order valence-corrected chi connectivity index (χ2v) is 8.86. The van der Waals surface area contributed by atoms with Crippen molar-refractivity contribution < 1.29 is 19.1 Å². The zero-order chi connectivity index (χ0) is 24.0. The van der Waals surface area contributed by atoms with Crippen LogP contribution in [0.1, 0.15) is 45.9 Å². The molecule has 0 aliphatic rings. The summed E-state index contributed by atoms with van der Waals surface area (Å²) in [6, 6.07) is 11.9. The van der Waals surface area contributed by atoms with E-state index in [9.17, 15) is 9.59 Å². The van der Waals surface area contributed by atoms with E-state index < -0.39 is 5.97 Å². The largest absolute Gasteiger partial charge is 0.487 e. The first-order chi connectivity index (χ1) is 15.9. The van der Waals surface area contributed by atoms with E-state index in [0.29, 0.717) is 31.9 Å². The normalized spacial score (nSPS) is 12.0. The van der Waals surface area contributed by atoms with Gasteiger partial charge in [0.1, 0.15) is 17.2 Å². The molecule has 0 saturated heterocycles. The van der Waals surface area contributed by atoms with E-state index in [2.05, 4.69) is 5.32 Å². The SMILES string of the molecule is C/C=c1/sc(C(=O)Nc2ccc(C(=O)OC)cc2OCc2ccc(Cl)cc2)c(Cl)/c1=C/CC. The van der Waals surface area contributed by atoms with Crippen LogP contribution in [-0.2, 0) is 11.3 Å². The predicted molar refractivity (Wildman–Crippen MR) is 135 cm³/mol. The molecule has 172 valence electrons. The maximum Gasteiger partial charge on any atom is 0.337 e. The van der Waals surface area contributed by atoms with Crippen LogP contribution in [0.3, 0.4) is 0 Å². The van der Waals surface area contributed by atoms with Gasteiger partial charge in [-0.25, -0.2) is 4.79 Å². The minimum atomic E-state index is -0.506. The molecule has 0 aliphatic carbocycles. The van der Waals surface area contributed by atoms with Crippen molar-refractivity contribution in [2.24, 2.45) is 0 Å². The van der Waals surface area contributed by atoms with Crippen LogP contribution in [-0.4, -0.2) is 19.0 Å². The molecule has 0 bridgehead atoms. The van der Waals surface area contributed by atoms with Crippen molar-refractivity contribution in [3.05, 3.63) is 78.3 Å². The van der Waals surface area contributed by atoms with Gasteiger partial charge in [0.05, 0.1) is 23.4 Å². The quantitative estimate of drug-likeness (QED) is 0.422. The second-order valence-electron chi connectivity index (χ2n) is 7.00. The Kier molecular flexibility index (Phi) is 8.55. The van der Waals surface area contributed by atoms with Gasteiger partial charge in [0.15, 0.2) is 0 Å². The number of hydrogen-bond acceptors (Lipinski definition) is 5. The van der Waals surface area contributed by atoms with Gasteiger partial charge in [0.2, 0.25) is 0 Å². The van der Waals surface area contributed by atoms with E-state index in [-0.39, 0.29) is 12.5 Å². The summed E-state index contributed by atoms with van der Waals surface area (Å²) in [5, 5.41) is 4.76. The average Bonchev–Trinajstić information content (AvgIpc) is 3.14. The van der Waals surface area contributed by atoms with Crippen molar-refractivity contribution in [1.82, 2.24) is 0 Å². The molecular formula is C25H23Cl2NO4S. The fraction of sp³-hybridized carbons (Fsp3) is 0.200. The molecule has 0 unspecified atom stereocenters. The smallest absolute Gasteiger partial charge is 0.337 e. The highest BCUT2D eigenvalue weighted by molar-refractivity contribution is 7.12. The second kappa shape index (κ2) is 11.4. The molecule has 0 radical (unpaired) electrons. The maximum absolute atomic E-state index is 13.1. The van der Waals surface area contributed by atoms with Crippen LogP contribution in [0, 0.1) is 0 Å². The topological polar surface area (TPSA) is 64.6 Å². The monoisotopic (exact) mass is 503 g/mol. The molecule has 2 aromatic carbocycles. The number of carbonyl (C=O) groups excluding carboxylic acids is 2. The van der Waals surface area contributed by atoms with Crippen LogP contribution in [0.5, 0.6) is 5.75 Å². The summed E-state index contributed by atoms with van der Waals surface area (Å²) in [7, 11) is 1.30. The van der Waals surface area contributed by atoms with E-state index in [1.165, 1.54) is 24.5 Å². The number of nitrogens with one attached hydrogen (secondary N) is 1. The lowest BCUT2D eigenvalue weighted by Gasteiger charge is -2.14. The standard InChI is InChI=1S/C25H23Cl2NO4S/c1-4-6-18-21(5-2)33-23(22(18)27)24(29)28-19-12-9-16(25(30)31-3)13-20(19)32-14-15-7-10-17(26)11-8-15/h5-13H,4,14H2,1-3H3,(H,28,29)/b18-6+,21-5+. The van der Waals surface area contributed by atoms with Gasteiger partial charge in [-0.15, -0.1) is 11.3 Å². The summed E-state index contributed by atoms with van der Waals surface area (Å²) >= 11 is 13.8. The highest BCUT2D eigenvalue weighted by Crippen LogP contribution is 2.29. The van der Waals surface area contributed by atoms with Crippen molar-refractivity contribution in [1.29, 1.82) is 0 Å². The fourth-order valence-corrected chi connectivity index (χ4v) is 4.64. The Morgan fingerprint density at radius 3 is 2.48 bits per heavy atom. The van der Waals surface area contributed by atoms with Crippen LogP contribution in [0.25, 0.3) is 12.2 Å². The summed E-state index contributed by atoms with van der Waals surface area (Å²) in [6.45, 7) is 4.14. The number of carbonyl (C=O) groups is 2. The Morgan fingerprint density at radius 2 is 1.85 bits per heavy atom. The van der Waals surface area contributed by atoms with Crippen molar-refractivity contribution in [3.63, 3.8) is 0 Å². The summed E-state index contributed by atoms with van der Waals surface area (Å²) in [6.07, 6.45) is 4.73. The van der Waals surface area contributed by atoms with Gasteiger partial charge in [-0.1, -0.05) is 54.4 Å². The Balaban J connectivity index is 1.93. The van der Waals surface area contributed by atoms with Crippen LogP contribution < -0.4 is 19.8 Å². The van der Waals surface area contributed by atoms with Crippen LogP contribution in [0.15, 0.2) is 42.5 Å². The van der Waals surface area contributed by atoms with Gasteiger partial charge in [-0.3, -0.25) is 4.79 Å².